The van der Waals surface area contributed by atoms with Gasteiger partial charge in [-0.3, -0.25) is 9.59 Å². The SMILES string of the molecule is C=C/C(C=O)=C\C=C(/C)C1C=CC=C(c2ccc(C=O)o2)C=C1. The van der Waals surface area contributed by atoms with Crippen LogP contribution >= 0.6 is 0 Å². The molecular formula is C20H18O3. The van der Waals surface area contributed by atoms with Crippen molar-refractivity contribution in [3.8, 4) is 0 Å². The maximum Gasteiger partial charge on any atom is 0.185 e. The zero-order valence-corrected chi connectivity index (χ0v) is 12.9. The molecule has 0 spiro atoms. The summed E-state index contributed by atoms with van der Waals surface area (Å²) >= 11 is 0. The highest BCUT2D eigenvalue weighted by Gasteiger charge is 2.09. The van der Waals surface area contributed by atoms with E-state index in [1.54, 1.807) is 18.2 Å². The number of carbonyl (C=O) groups excluding carboxylic acids is 2. The van der Waals surface area contributed by atoms with E-state index in [1.165, 1.54) is 6.08 Å². The van der Waals surface area contributed by atoms with Crippen LogP contribution < -0.4 is 0 Å². The molecule has 1 atom stereocenters. The molecule has 0 fully saturated rings. The molecule has 0 aliphatic heterocycles. The van der Waals surface area contributed by atoms with Crippen molar-refractivity contribution in [3.05, 3.63) is 90.0 Å². The lowest BCUT2D eigenvalue weighted by Gasteiger charge is -2.06. The van der Waals surface area contributed by atoms with Gasteiger partial charge >= 0.3 is 0 Å². The molecule has 3 heteroatoms. The second-order valence-corrected chi connectivity index (χ2v) is 5.11. The van der Waals surface area contributed by atoms with E-state index in [4.69, 9.17) is 4.42 Å². The number of hydrogen-bond acceptors (Lipinski definition) is 3. The summed E-state index contributed by atoms with van der Waals surface area (Å²) in [4.78, 5) is 21.5. The van der Waals surface area contributed by atoms with Crippen molar-refractivity contribution in [3.63, 3.8) is 0 Å². The summed E-state index contributed by atoms with van der Waals surface area (Å²) in [7, 11) is 0. The Morgan fingerprint density at radius 2 is 2.04 bits per heavy atom. The van der Waals surface area contributed by atoms with Gasteiger partial charge in [0.1, 0.15) is 12.0 Å². The maximum atomic E-state index is 10.8. The van der Waals surface area contributed by atoms with Crippen LogP contribution in [0.1, 0.15) is 23.2 Å². The molecule has 1 aliphatic rings. The fourth-order valence-electron chi connectivity index (χ4n) is 2.14. The highest BCUT2D eigenvalue weighted by atomic mass is 16.3. The van der Waals surface area contributed by atoms with Crippen LogP contribution in [0.4, 0.5) is 0 Å². The summed E-state index contributed by atoms with van der Waals surface area (Å²) in [6.07, 6.45) is 16.6. The molecule has 23 heavy (non-hydrogen) atoms. The molecule has 0 saturated carbocycles. The lowest BCUT2D eigenvalue weighted by atomic mass is 9.98. The van der Waals surface area contributed by atoms with Gasteiger partial charge < -0.3 is 4.42 Å². The minimum Gasteiger partial charge on any atom is -0.453 e. The Morgan fingerprint density at radius 3 is 2.70 bits per heavy atom. The van der Waals surface area contributed by atoms with E-state index in [0.717, 1.165) is 17.4 Å². The van der Waals surface area contributed by atoms with Gasteiger partial charge in [0.15, 0.2) is 12.0 Å². The predicted molar refractivity (Wildman–Crippen MR) is 91.9 cm³/mol. The van der Waals surface area contributed by atoms with E-state index in [9.17, 15) is 9.59 Å². The minimum absolute atomic E-state index is 0.123. The number of aldehydes is 2. The molecule has 1 aromatic heterocycles. The third-order valence-electron chi connectivity index (χ3n) is 3.54. The van der Waals surface area contributed by atoms with Crippen LogP contribution in [0, 0.1) is 5.92 Å². The molecule has 0 radical (unpaired) electrons. The Hall–Kier alpha value is -2.94. The summed E-state index contributed by atoms with van der Waals surface area (Å²) in [5.74, 6) is 1.09. The molecule has 3 nitrogen and oxygen atoms in total. The summed E-state index contributed by atoms with van der Waals surface area (Å²) in [6.45, 7) is 5.59. The Bertz CT molecular complexity index is 742. The van der Waals surface area contributed by atoms with Crippen molar-refractivity contribution in [2.45, 2.75) is 6.92 Å². The Morgan fingerprint density at radius 1 is 1.22 bits per heavy atom. The zero-order chi connectivity index (χ0) is 16.7. The van der Waals surface area contributed by atoms with Gasteiger partial charge in [0.2, 0.25) is 0 Å². The maximum absolute atomic E-state index is 10.8. The van der Waals surface area contributed by atoms with Crippen LogP contribution in [0.2, 0.25) is 0 Å². The van der Waals surface area contributed by atoms with Crippen LogP contribution in [-0.2, 0) is 4.79 Å². The minimum atomic E-state index is 0.123. The molecule has 0 bridgehead atoms. The Kier molecular flexibility index (Phi) is 5.64. The van der Waals surface area contributed by atoms with Crippen LogP contribution in [0.3, 0.4) is 0 Å². The van der Waals surface area contributed by atoms with Gasteiger partial charge in [-0.05, 0) is 19.1 Å². The predicted octanol–water partition coefficient (Wildman–Crippen LogP) is 4.48. The number of carbonyl (C=O) groups is 2. The number of hydrogen-bond donors (Lipinski definition) is 0. The van der Waals surface area contributed by atoms with E-state index < -0.39 is 0 Å². The second kappa shape index (κ2) is 7.90. The van der Waals surface area contributed by atoms with Crippen molar-refractivity contribution in [1.82, 2.24) is 0 Å². The zero-order valence-electron chi connectivity index (χ0n) is 12.9. The molecule has 1 heterocycles. The van der Waals surface area contributed by atoms with Gasteiger partial charge in [-0.1, -0.05) is 60.8 Å². The first-order valence-corrected chi connectivity index (χ1v) is 7.26. The Labute approximate surface area is 135 Å². The van der Waals surface area contributed by atoms with Gasteiger partial charge in [0, 0.05) is 17.1 Å². The highest BCUT2D eigenvalue weighted by molar-refractivity contribution is 5.78. The van der Waals surface area contributed by atoms with E-state index in [1.807, 2.05) is 37.3 Å². The first-order chi connectivity index (χ1) is 11.2. The smallest absolute Gasteiger partial charge is 0.185 e. The summed E-state index contributed by atoms with van der Waals surface area (Å²) in [5, 5.41) is 0. The number of allylic oxidation sites excluding steroid dienone is 11. The summed E-state index contributed by atoms with van der Waals surface area (Å²) < 4.78 is 5.44. The van der Waals surface area contributed by atoms with Crippen molar-refractivity contribution >= 4 is 18.1 Å². The molecule has 0 amide bonds. The lowest BCUT2D eigenvalue weighted by Crippen LogP contribution is -1.93. The topological polar surface area (TPSA) is 47.3 Å². The van der Waals surface area contributed by atoms with Gasteiger partial charge in [0.05, 0.1) is 0 Å². The second-order valence-electron chi connectivity index (χ2n) is 5.11. The van der Waals surface area contributed by atoms with E-state index >= 15 is 0 Å². The summed E-state index contributed by atoms with van der Waals surface area (Å²) in [6, 6.07) is 3.43. The Balaban J connectivity index is 2.18. The van der Waals surface area contributed by atoms with E-state index in [-0.39, 0.29) is 5.92 Å². The standard InChI is InChI=1S/C20H18O3/c1-3-16(13-21)8-7-15(2)17-5-4-6-18(10-9-17)20-12-11-19(14-22)23-20/h3-14,17H,1H2,2H3/b15-7+,16-8+. The van der Waals surface area contributed by atoms with Crippen molar-refractivity contribution < 1.29 is 14.0 Å². The fraction of sp³-hybridized carbons (Fsp3) is 0.100. The van der Waals surface area contributed by atoms with Crippen LogP contribution in [0.25, 0.3) is 5.57 Å². The van der Waals surface area contributed by atoms with Crippen LogP contribution in [-0.4, -0.2) is 12.6 Å². The lowest BCUT2D eigenvalue weighted by molar-refractivity contribution is -0.104. The summed E-state index contributed by atoms with van der Waals surface area (Å²) in [5.41, 5.74) is 2.54. The largest absolute Gasteiger partial charge is 0.453 e. The quantitative estimate of drug-likeness (QED) is 0.442. The molecule has 2 rings (SSSR count). The van der Waals surface area contributed by atoms with E-state index in [2.05, 4.69) is 12.7 Å². The average Bonchev–Trinajstić information content (AvgIpc) is 2.92. The van der Waals surface area contributed by atoms with Crippen molar-refractivity contribution in [1.29, 1.82) is 0 Å². The van der Waals surface area contributed by atoms with E-state index in [0.29, 0.717) is 23.4 Å². The van der Waals surface area contributed by atoms with Crippen molar-refractivity contribution in [2.24, 2.45) is 5.92 Å². The molecular weight excluding hydrogens is 288 g/mol. The van der Waals surface area contributed by atoms with Gasteiger partial charge in [-0.25, -0.2) is 0 Å². The van der Waals surface area contributed by atoms with Crippen molar-refractivity contribution in [2.75, 3.05) is 0 Å². The number of rotatable bonds is 6. The van der Waals surface area contributed by atoms with Gasteiger partial charge in [-0.15, -0.1) is 0 Å². The van der Waals surface area contributed by atoms with Crippen LogP contribution in [0.15, 0.2) is 82.9 Å². The first kappa shape index (κ1) is 16.4. The number of furan rings is 1. The molecule has 1 aromatic rings. The van der Waals surface area contributed by atoms with Gasteiger partial charge in [0.25, 0.3) is 0 Å². The average molecular weight is 306 g/mol. The molecule has 116 valence electrons. The monoisotopic (exact) mass is 306 g/mol. The molecule has 0 saturated heterocycles. The molecule has 0 aromatic carbocycles. The fourth-order valence-corrected chi connectivity index (χ4v) is 2.14. The normalized spacial score (nSPS) is 18.3. The highest BCUT2D eigenvalue weighted by Crippen LogP contribution is 2.24. The third-order valence-corrected chi connectivity index (χ3v) is 3.54. The molecule has 0 N–H and O–H groups in total. The van der Waals surface area contributed by atoms with Crippen LogP contribution in [0.5, 0.6) is 0 Å². The van der Waals surface area contributed by atoms with Gasteiger partial charge in [-0.2, -0.15) is 0 Å². The third kappa shape index (κ3) is 4.27. The molecule has 1 aliphatic carbocycles. The molecule has 1 unspecified atom stereocenters. The first-order valence-electron chi connectivity index (χ1n) is 7.26.